The highest BCUT2D eigenvalue weighted by Gasteiger charge is 2.40. The van der Waals surface area contributed by atoms with E-state index in [1.807, 2.05) is 6.92 Å². The minimum atomic E-state index is -0.853. The van der Waals surface area contributed by atoms with Gasteiger partial charge in [0.05, 0.1) is 17.5 Å². The lowest BCUT2D eigenvalue weighted by Crippen LogP contribution is -2.40. The fraction of sp³-hybridized carbons (Fsp3) is 0.467. The standard InChI is InChI=1S/C15H18F2N2O2/c1-15(14(21)18-2)6-7-19(9-15)8-12(20)13-10(16)4-3-5-11(13)17/h3-5H,6-9H2,1-2H3,(H,18,21). The van der Waals surface area contributed by atoms with E-state index >= 15 is 0 Å². The third-order valence-corrected chi connectivity index (χ3v) is 3.94. The zero-order valence-corrected chi connectivity index (χ0v) is 12.1. The number of amides is 1. The Morgan fingerprint density at radius 1 is 1.33 bits per heavy atom. The van der Waals surface area contributed by atoms with E-state index in [2.05, 4.69) is 5.32 Å². The van der Waals surface area contributed by atoms with Gasteiger partial charge in [0.15, 0.2) is 5.78 Å². The molecule has 1 heterocycles. The van der Waals surface area contributed by atoms with E-state index in [1.54, 1.807) is 11.9 Å². The predicted molar refractivity (Wildman–Crippen MR) is 73.9 cm³/mol. The number of halogens is 2. The summed E-state index contributed by atoms with van der Waals surface area (Å²) in [6, 6.07) is 3.35. The summed E-state index contributed by atoms with van der Waals surface area (Å²) in [4.78, 5) is 25.6. The first-order chi connectivity index (χ1) is 9.87. The van der Waals surface area contributed by atoms with Gasteiger partial charge in [-0.25, -0.2) is 8.78 Å². The maximum atomic E-state index is 13.6. The molecule has 1 saturated heterocycles. The van der Waals surface area contributed by atoms with Crippen molar-refractivity contribution in [2.45, 2.75) is 13.3 Å². The van der Waals surface area contributed by atoms with Gasteiger partial charge in [0.2, 0.25) is 5.91 Å². The molecule has 1 unspecified atom stereocenters. The van der Waals surface area contributed by atoms with Crippen molar-refractivity contribution in [1.82, 2.24) is 10.2 Å². The first-order valence-electron chi connectivity index (χ1n) is 6.79. The van der Waals surface area contributed by atoms with Crippen LogP contribution in [0, 0.1) is 17.0 Å². The highest BCUT2D eigenvalue weighted by atomic mass is 19.1. The number of benzene rings is 1. The third-order valence-electron chi connectivity index (χ3n) is 3.94. The first-order valence-corrected chi connectivity index (χ1v) is 6.79. The number of hydrogen-bond acceptors (Lipinski definition) is 3. The summed E-state index contributed by atoms with van der Waals surface area (Å²) in [6.45, 7) is 2.67. The number of hydrogen-bond donors (Lipinski definition) is 1. The SMILES string of the molecule is CNC(=O)C1(C)CCN(CC(=O)c2c(F)cccc2F)C1. The number of nitrogens with zero attached hydrogens (tertiary/aromatic N) is 1. The van der Waals surface area contributed by atoms with E-state index in [1.165, 1.54) is 6.07 Å². The Hall–Kier alpha value is -1.82. The zero-order chi connectivity index (χ0) is 15.6. The fourth-order valence-corrected chi connectivity index (χ4v) is 2.72. The maximum absolute atomic E-state index is 13.6. The normalized spacial score (nSPS) is 22.3. The van der Waals surface area contributed by atoms with E-state index in [9.17, 15) is 18.4 Å². The second kappa shape index (κ2) is 5.89. The van der Waals surface area contributed by atoms with Crippen LogP contribution in [0.1, 0.15) is 23.7 Å². The van der Waals surface area contributed by atoms with Crippen LogP contribution in [0.3, 0.4) is 0 Å². The molecule has 0 saturated carbocycles. The van der Waals surface area contributed by atoms with Crippen LogP contribution in [0.25, 0.3) is 0 Å². The Kier molecular flexibility index (Phi) is 4.37. The van der Waals surface area contributed by atoms with Crippen LogP contribution < -0.4 is 5.32 Å². The van der Waals surface area contributed by atoms with E-state index in [0.29, 0.717) is 19.5 Å². The summed E-state index contributed by atoms with van der Waals surface area (Å²) in [7, 11) is 1.57. The molecule has 114 valence electrons. The zero-order valence-electron chi connectivity index (χ0n) is 12.1. The van der Waals surface area contributed by atoms with Crippen LogP contribution in [-0.4, -0.2) is 43.3 Å². The number of carbonyl (C=O) groups excluding carboxylic acids is 2. The summed E-state index contributed by atoms with van der Waals surface area (Å²) in [5.74, 6) is -2.40. The number of carbonyl (C=O) groups is 2. The largest absolute Gasteiger partial charge is 0.359 e. The van der Waals surface area contributed by atoms with Crippen molar-refractivity contribution in [2.75, 3.05) is 26.7 Å². The van der Waals surface area contributed by atoms with Crippen molar-refractivity contribution in [3.63, 3.8) is 0 Å². The molecule has 0 spiro atoms. The molecule has 1 atom stereocenters. The van der Waals surface area contributed by atoms with E-state index in [4.69, 9.17) is 0 Å². The first kappa shape index (κ1) is 15.6. The van der Waals surface area contributed by atoms with Gasteiger partial charge in [0.25, 0.3) is 0 Å². The topological polar surface area (TPSA) is 49.4 Å². The lowest BCUT2D eigenvalue weighted by atomic mass is 9.89. The molecule has 1 fully saturated rings. The molecule has 1 aliphatic heterocycles. The van der Waals surface area contributed by atoms with E-state index in [-0.39, 0.29) is 12.5 Å². The quantitative estimate of drug-likeness (QED) is 0.859. The molecular weight excluding hydrogens is 278 g/mol. The number of nitrogens with one attached hydrogen (secondary N) is 1. The van der Waals surface area contributed by atoms with Crippen molar-refractivity contribution < 1.29 is 18.4 Å². The third kappa shape index (κ3) is 3.10. The summed E-state index contributed by atoms with van der Waals surface area (Å²) in [5, 5.41) is 2.60. The van der Waals surface area contributed by atoms with Gasteiger partial charge in [-0.2, -0.15) is 0 Å². The molecule has 1 N–H and O–H groups in total. The molecule has 2 rings (SSSR count). The molecule has 0 radical (unpaired) electrons. The number of rotatable bonds is 4. The van der Waals surface area contributed by atoms with Crippen LogP contribution in [0.5, 0.6) is 0 Å². The van der Waals surface area contributed by atoms with Crippen molar-refractivity contribution in [3.05, 3.63) is 35.4 Å². The highest BCUT2D eigenvalue weighted by molar-refractivity contribution is 5.98. The van der Waals surface area contributed by atoms with Crippen LogP contribution in [-0.2, 0) is 4.79 Å². The average Bonchev–Trinajstić information content (AvgIpc) is 2.80. The highest BCUT2D eigenvalue weighted by Crippen LogP contribution is 2.30. The Bertz CT molecular complexity index is 557. The summed E-state index contributed by atoms with van der Waals surface area (Å²) in [5.41, 5.74) is -1.07. The minimum absolute atomic E-state index is 0.0884. The van der Waals surface area contributed by atoms with Crippen molar-refractivity contribution in [3.8, 4) is 0 Å². The maximum Gasteiger partial charge on any atom is 0.227 e. The van der Waals surface area contributed by atoms with Crippen LogP contribution in [0.15, 0.2) is 18.2 Å². The number of Topliss-reactive ketones (excluding diaryl/α,β-unsaturated/α-hetero) is 1. The smallest absolute Gasteiger partial charge is 0.227 e. The molecule has 21 heavy (non-hydrogen) atoms. The Balaban J connectivity index is 2.07. The molecule has 0 aromatic heterocycles. The minimum Gasteiger partial charge on any atom is -0.359 e. The summed E-state index contributed by atoms with van der Waals surface area (Å²) < 4.78 is 27.1. The van der Waals surface area contributed by atoms with Crippen LogP contribution in [0.2, 0.25) is 0 Å². The molecule has 1 aliphatic rings. The summed E-state index contributed by atoms with van der Waals surface area (Å²) in [6.07, 6.45) is 0.611. The monoisotopic (exact) mass is 296 g/mol. The lowest BCUT2D eigenvalue weighted by Gasteiger charge is -2.22. The molecule has 0 bridgehead atoms. The van der Waals surface area contributed by atoms with Crippen LogP contribution in [0.4, 0.5) is 8.78 Å². The van der Waals surface area contributed by atoms with Crippen molar-refractivity contribution in [1.29, 1.82) is 0 Å². The van der Waals surface area contributed by atoms with Gasteiger partial charge in [-0.15, -0.1) is 0 Å². The molecule has 4 nitrogen and oxygen atoms in total. The van der Waals surface area contributed by atoms with Crippen molar-refractivity contribution >= 4 is 11.7 Å². The molecule has 0 aliphatic carbocycles. The van der Waals surface area contributed by atoms with Gasteiger partial charge in [0, 0.05) is 13.6 Å². The Morgan fingerprint density at radius 3 is 2.52 bits per heavy atom. The van der Waals surface area contributed by atoms with E-state index in [0.717, 1.165) is 12.1 Å². The van der Waals surface area contributed by atoms with Gasteiger partial charge in [0.1, 0.15) is 11.6 Å². The van der Waals surface area contributed by atoms with Gasteiger partial charge >= 0.3 is 0 Å². The molecule has 1 aromatic rings. The predicted octanol–water partition coefficient (Wildman–Crippen LogP) is 1.61. The number of ketones is 1. The number of likely N-dealkylation sites (tertiary alicyclic amines) is 1. The van der Waals surface area contributed by atoms with Gasteiger partial charge < -0.3 is 5.32 Å². The Labute approximate surface area is 122 Å². The molecule has 6 heteroatoms. The average molecular weight is 296 g/mol. The molecule has 1 amide bonds. The van der Waals surface area contributed by atoms with Crippen molar-refractivity contribution in [2.24, 2.45) is 5.41 Å². The van der Waals surface area contributed by atoms with E-state index < -0.39 is 28.4 Å². The fourth-order valence-electron chi connectivity index (χ4n) is 2.72. The second-order valence-corrected chi connectivity index (χ2v) is 5.62. The molecular formula is C15H18F2N2O2. The van der Waals surface area contributed by atoms with Crippen LogP contribution >= 0.6 is 0 Å². The van der Waals surface area contributed by atoms with Gasteiger partial charge in [-0.1, -0.05) is 6.07 Å². The van der Waals surface area contributed by atoms with Gasteiger partial charge in [-0.3, -0.25) is 14.5 Å². The lowest BCUT2D eigenvalue weighted by molar-refractivity contribution is -0.129. The Morgan fingerprint density at radius 2 is 1.95 bits per heavy atom. The molecule has 1 aromatic carbocycles. The second-order valence-electron chi connectivity index (χ2n) is 5.62. The van der Waals surface area contributed by atoms with Gasteiger partial charge in [-0.05, 0) is 32.0 Å². The summed E-state index contributed by atoms with van der Waals surface area (Å²) >= 11 is 0.